The van der Waals surface area contributed by atoms with E-state index in [2.05, 4.69) is 33.7 Å². The van der Waals surface area contributed by atoms with Crippen LogP contribution in [0.5, 0.6) is 0 Å². The highest BCUT2D eigenvalue weighted by atomic mass is 32.1. The van der Waals surface area contributed by atoms with E-state index in [9.17, 15) is 0 Å². The molecule has 1 N–H and O–H groups in total. The second-order valence-electron chi connectivity index (χ2n) is 4.49. The van der Waals surface area contributed by atoms with Gasteiger partial charge in [-0.3, -0.25) is 0 Å². The number of nitrogens with zero attached hydrogens (tertiary/aromatic N) is 2. The van der Waals surface area contributed by atoms with Crippen molar-refractivity contribution in [1.82, 2.24) is 9.97 Å². The molecule has 84 valence electrons. The maximum Gasteiger partial charge on any atom is 0.138 e. The van der Waals surface area contributed by atoms with Crippen LogP contribution in [-0.2, 0) is 0 Å². The van der Waals surface area contributed by atoms with Crippen LogP contribution in [0.1, 0.15) is 26.2 Å². The number of anilines is 1. The van der Waals surface area contributed by atoms with Gasteiger partial charge in [-0.05, 0) is 37.1 Å². The summed E-state index contributed by atoms with van der Waals surface area (Å²) in [6.45, 7) is 2.25. The number of nitrogens with one attached hydrogen (secondary N) is 1. The quantitative estimate of drug-likeness (QED) is 0.884. The molecule has 16 heavy (non-hydrogen) atoms. The first-order valence-corrected chi connectivity index (χ1v) is 6.67. The Labute approximate surface area is 98.9 Å². The highest BCUT2D eigenvalue weighted by Crippen LogP contribution is 2.32. The lowest BCUT2D eigenvalue weighted by atomic mass is 9.80. The summed E-state index contributed by atoms with van der Waals surface area (Å²) >= 11 is 1.67. The zero-order valence-electron chi connectivity index (χ0n) is 9.31. The first-order chi connectivity index (χ1) is 7.84. The zero-order valence-corrected chi connectivity index (χ0v) is 10.1. The summed E-state index contributed by atoms with van der Waals surface area (Å²) < 4.78 is 0. The van der Waals surface area contributed by atoms with Gasteiger partial charge in [0.05, 0.1) is 5.39 Å². The summed E-state index contributed by atoms with van der Waals surface area (Å²) in [5.41, 5.74) is 0. The SMILES string of the molecule is CC(Nc1ncnc2sccc12)C1CCC1. The Kier molecular flexibility index (Phi) is 2.52. The van der Waals surface area contributed by atoms with Gasteiger partial charge in [0.25, 0.3) is 0 Å². The first kappa shape index (κ1) is 10.0. The average Bonchev–Trinajstić information content (AvgIpc) is 2.63. The van der Waals surface area contributed by atoms with E-state index in [1.165, 1.54) is 19.3 Å². The third kappa shape index (κ3) is 1.67. The van der Waals surface area contributed by atoms with Gasteiger partial charge in [0.15, 0.2) is 0 Å². The lowest BCUT2D eigenvalue weighted by Crippen LogP contribution is -2.31. The molecule has 2 aromatic heterocycles. The van der Waals surface area contributed by atoms with E-state index in [1.54, 1.807) is 17.7 Å². The van der Waals surface area contributed by atoms with Crippen molar-refractivity contribution in [3.05, 3.63) is 17.8 Å². The van der Waals surface area contributed by atoms with Crippen molar-refractivity contribution in [2.45, 2.75) is 32.2 Å². The smallest absolute Gasteiger partial charge is 0.138 e. The summed E-state index contributed by atoms with van der Waals surface area (Å²) in [6.07, 6.45) is 5.74. The van der Waals surface area contributed by atoms with Crippen LogP contribution in [0.15, 0.2) is 17.8 Å². The van der Waals surface area contributed by atoms with Crippen molar-refractivity contribution in [3.63, 3.8) is 0 Å². The molecular formula is C12H15N3S. The van der Waals surface area contributed by atoms with Gasteiger partial charge < -0.3 is 5.32 Å². The number of hydrogen-bond donors (Lipinski definition) is 1. The molecule has 3 nitrogen and oxygen atoms in total. The van der Waals surface area contributed by atoms with Crippen molar-refractivity contribution in [2.75, 3.05) is 5.32 Å². The molecule has 3 rings (SSSR count). The van der Waals surface area contributed by atoms with Crippen LogP contribution in [0.4, 0.5) is 5.82 Å². The summed E-state index contributed by atoms with van der Waals surface area (Å²) in [5, 5.41) is 6.75. The number of fused-ring (bicyclic) bond motifs is 1. The number of rotatable bonds is 3. The highest BCUT2D eigenvalue weighted by Gasteiger charge is 2.24. The molecule has 0 spiro atoms. The van der Waals surface area contributed by atoms with Crippen molar-refractivity contribution < 1.29 is 0 Å². The normalized spacial score (nSPS) is 18.3. The minimum absolute atomic E-state index is 0.520. The molecule has 0 bridgehead atoms. The van der Waals surface area contributed by atoms with E-state index in [1.807, 2.05) is 0 Å². The van der Waals surface area contributed by atoms with Gasteiger partial charge in [0.2, 0.25) is 0 Å². The molecule has 0 aromatic carbocycles. The molecule has 0 amide bonds. The van der Waals surface area contributed by atoms with Crippen molar-refractivity contribution in [3.8, 4) is 0 Å². The Hall–Kier alpha value is -1.16. The molecule has 0 saturated heterocycles. The van der Waals surface area contributed by atoms with Crippen LogP contribution in [-0.4, -0.2) is 16.0 Å². The summed E-state index contributed by atoms with van der Waals surface area (Å²) in [5.74, 6) is 1.81. The van der Waals surface area contributed by atoms with Crippen molar-refractivity contribution in [1.29, 1.82) is 0 Å². The van der Waals surface area contributed by atoms with Gasteiger partial charge in [-0.2, -0.15) is 0 Å². The lowest BCUT2D eigenvalue weighted by molar-refractivity contribution is 0.285. The van der Waals surface area contributed by atoms with Gasteiger partial charge in [0.1, 0.15) is 17.0 Å². The van der Waals surface area contributed by atoms with Gasteiger partial charge in [-0.1, -0.05) is 6.42 Å². The van der Waals surface area contributed by atoms with Crippen LogP contribution in [0.3, 0.4) is 0 Å². The molecule has 1 atom stereocenters. The molecule has 1 saturated carbocycles. The molecule has 4 heteroatoms. The fraction of sp³-hybridized carbons (Fsp3) is 0.500. The molecule has 0 aliphatic heterocycles. The van der Waals surface area contributed by atoms with Gasteiger partial charge in [-0.25, -0.2) is 9.97 Å². The van der Waals surface area contributed by atoms with Crippen LogP contribution < -0.4 is 5.32 Å². The first-order valence-electron chi connectivity index (χ1n) is 5.79. The molecule has 1 aliphatic carbocycles. The molecule has 2 aromatic rings. The van der Waals surface area contributed by atoms with E-state index in [4.69, 9.17) is 0 Å². The summed E-state index contributed by atoms with van der Waals surface area (Å²) in [7, 11) is 0. The predicted octanol–water partition coefficient (Wildman–Crippen LogP) is 3.29. The monoisotopic (exact) mass is 233 g/mol. The largest absolute Gasteiger partial charge is 0.367 e. The van der Waals surface area contributed by atoms with E-state index < -0.39 is 0 Å². The molecule has 1 fully saturated rings. The number of hydrogen-bond acceptors (Lipinski definition) is 4. The summed E-state index contributed by atoms with van der Waals surface area (Å²) in [4.78, 5) is 9.67. The second kappa shape index (κ2) is 4.01. The zero-order chi connectivity index (χ0) is 11.0. The van der Waals surface area contributed by atoms with Crippen LogP contribution >= 0.6 is 11.3 Å². The molecule has 0 radical (unpaired) electrons. The Morgan fingerprint density at radius 2 is 2.31 bits per heavy atom. The Morgan fingerprint density at radius 1 is 1.44 bits per heavy atom. The maximum atomic E-state index is 4.34. The Balaban J connectivity index is 1.85. The van der Waals surface area contributed by atoms with Gasteiger partial charge in [0, 0.05) is 6.04 Å². The molecule has 1 aliphatic rings. The third-order valence-corrected chi connectivity index (χ3v) is 4.30. The highest BCUT2D eigenvalue weighted by molar-refractivity contribution is 7.16. The molecule has 2 heterocycles. The van der Waals surface area contributed by atoms with E-state index in [0.29, 0.717) is 6.04 Å². The predicted molar refractivity (Wildman–Crippen MR) is 67.8 cm³/mol. The fourth-order valence-corrected chi connectivity index (χ4v) is 2.91. The standard InChI is InChI=1S/C12H15N3S/c1-8(9-3-2-4-9)15-11-10-5-6-16-12(10)14-7-13-11/h5-9H,2-4H2,1H3,(H,13,14,15). The minimum Gasteiger partial charge on any atom is -0.367 e. The van der Waals surface area contributed by atoms with Gasteiger partial charge >= 0.3 is 0 Å². The third-order valence-electron chi connectivity index (χ3n) is 3.48. The van der Waals surface area contributed by atoms with Crippen LogP contribution in [0, 0.1) is 5.92 Å². The lowest BCUT2D eigenvalue weighted by Gasteiger charge is -2.32. The van der Waals surface area contributed by atoms with E-state index in [0.717, 1.165) is 22.0 Å². The minimum atomic E-state index is 0.520. The summed E-state index contributed by atoms with van der Waals surface area (Å²) in [6, 6.07) is 2.61. The van der Waals surface area contributed by atoms with Crippen molar-refractivity contribution in [2.24, 2.45) is 5.92 Å². The van der Waals surface area contributed by atoms with Crippen LogP contribution in [0.25, 0.3) is 10.2 Å². The second-order valence-corrected chi connectivity index (χ2v) is 5.38. The van der Waals surface area contributed by atoms with Crippen LogP contribution in [0.2, 0.25) is 0 Å². The average molecular weight is 233 g/mol. The Bertz CT molecular complexity index is 490. The van der Waals surface area contributed by atoms with E-state index >= 15 is 0 Å². The molecule has 1 unspecified atom stereocenters. The fourth-order valence-electron chi connectivity index (χ4n) is 2.18. The Morgan fingerprint density at radius 3 is 3.06 bits per heavy atom. The maximum absolute atomic E-state index is 4.34. The number of aromatic nitrogens is 2. The molecular weight excluding hydrogens is 218 g/mol. The number of thiophene rings is 1. The van der Waals surface area contributed by atoms with Crippen molar-refractivity contribution >= 4 is 27.4 Å². The van der Waals surface area contributed by atoms with Gasteiger partial charge in [-0.15, -0.1) is 11.3 Å². The van der Waals surface area contributed by atoms with E-state index in [-0.39, 0.29) is 0 Å². The topological polar surface area (TPSA) is 37.8 Å².